The Balaban J connectivity index is 1.52. The standard InChI is InChI=1S/C14H21N5O/c1-2-4-12(3-1)11-15-16-13-5-6-14(18-17-13)19-7-9-20-10-8-19/h5-6,11-12H,1-4,7-10H2,(H,16,17)/b15-11-. The van der Waals surface area contributed by atoms with Gasteiger partial charge in [0.25, 0.3) is 0 Å². The number of hydrogen-bond acceptors (Lipinski definition) is 6. The SMILES string of the molecule is C(=N/Nc1ccc(N2CCOCC2)nn1)/C1CCCC1. The van der Waals surface area contributed by atoms with Crippen molar-refractivity contribution in [1.29, 1.82) is 0 Å². The Morgan fingerprint density at radius 2 is 2.00 bits per heavy atom. The maximum absolute atomic E-state index is 5.33. The lowest BCUT2D eigenvalue weighted by Gasteiger charge is -2.27. The highest BCUT2D eigenvalue weighted by Gasteiger charge is 2.13. The average Bonchev–Trinajstić information content (AvgIpc) is 3.02. The molecule has 6 nitrogen and oxygen atoms in total. The van der Waals surface area contributed by atoms with Crippen molar-refractivity contribution in [3.05, 3.63) is 12.1 Å². The Morgan fingerprint density at radius 3 is 2.70 bits per heavy atom. The molecule has 1 saturated carbocycles. The van der Waals surface area contributed by atoms with Gasteiger partial charge in [-0.05, 0) is 30.9 Å². The summed E-state index contributed by atoms with van der Waals surface area (Å²) in [5.41, 5.74) is 2.95. The fourth-order valence-electron chi connectivity index (χ4n) is 2.66. The van der Waals surface area contributed by atoms with Gasteiger partial charge in [-0.3, -0.25) is 5.43 Å². The number of nitrogens with zero attached hydrogens (tertiary/aromatic N) is 4. The Kier molecular flexibility index (Phi) is 4.42. The van der Waals surface area contributed by atoms with Crippen LogP contribution in [0.5, 0.6) is 0 Å². The maximum Gasteiger partial charge on any atom is 0.168 e. The first-order valence-electron chi connectivity index (χ1n) is 7.37. The minimum absolute atomic E-state index is 0.628. The van der Waals surface area contributed by atoms with E-state index in [2.05, 4.69) is 25.6 Å². The van der Waals surface area contributed by atoms with Crippen LogP contribution in [-0.4, -0.2) is 42.7 Å². The van der Waals surface area contributed by atoms with Crippen molar-refractivity contribution < 1.29 is 4.74 Å². The second-order valence-corrected chi connectivity index (χ2v) is 5.31. The van der Waals surface area contributed by atoms with E-state index in [-0.39, 0.29) is 0 Å². The molecule has 1 N–H and O–H groups in total. The first-order chi connectivity index (χ1) is 9.92. The lowest BCUT2D eigenvalue weighted by molar-refractivity contribution is 0.122. The lowest BCUT2D eigenvalue weighted by atomic mass is 10.1. The number of morpholine rings is 1. The molecule has 2 fully saturated rings. The quantitative estimate of drug-likeness (QED) is 0.671. The molecule has 0 spiro atoms. The minimum Gasteiger partial charge on any atom is -0.378 e. The summed E-state index contributed by atoms with van der Waals surface area (Å²) >= 11 is 0. The maximum atomic E-state index is 5.33. The molecular formula is C14H21N5O. The number of hydrazone groups is 1. The average molecular weight is 275 g/mol. The number of ether oxygens (including phenoxy) is 1. The summed E-state index contributed by atoms with van der Waals surface area (Å²) in [5, 5.41) is 12.7. The van der Waals surface area contributed by atoms with Gasteiger partial charge in [-0.15, -0.1) is 10.2 Å². The van der Waals surface area contributed by atoms with E-state index >= 15 is 0 Å². The summed E-state index contributed by atoms with van der Waals surface area (Å²) < 4.78 is 5.33. The van der Waals surface area contributed by atoms with E-state index in [1.807, 2.05) is 18.3 Å². The van der Waals surface area contributed by atoms with Gasteiger partial charge in [0.15, 0.2) is 11.6 Å². The number of anilines is 2. The van der Waals surface area contributed by atoms with Crippen molar-refractivity contribution in [3.8, 4) is 0 Å². The van der Waals surface area contributed by atoms with Crippen molar-refractivity contribution in [1.82, 2.24) is 10.2 Å². The molecule has 0 radical (unpaired) electrons. The van der Waals surface area contributed by atoms with Gasteiger partial charge in [-0.25, -0.2) is 0 Å². The van der Waals surface area contributed by atoms with Crippen LogP contribution in [0.1, 0.15) is 25.7 Å². The topological polar surface area (TPSA) is 62.6 Å². The van der Waals surface area contributed by atoms with Crippen LogP contribution in [0.4, 0.5) is 11.6 Å². The first kappa shape index (κ1) is 13.3. The van der Waals surface area contributed by atoms with E-state index in [0.29, 0.717) is 11.7 Å². The summed E-state index contributed by atoms with van der Waals surface area (Å²) in [4.78, 5) is 2.18. The summed E-state index contributed by atoms with van der Waals surface area (Å²) in [6, 6.07) is 3.90. The molecule has 1 aromatic heterocycles. The zero-order valence-corrected chi connectivity index (χ0v) is 11.7. The normalized spacial score (nSPS) is 20.7. The second-order valence-electron chi connectivity index (χ2n) is 5.31. The molecule has 6 heteroatoms. The van der Waals surface area contributed by atoms with Gasteiger partial charge in [0.2, 0.25) is 0 Å². The molecular weight excluding hydrogens is 254 g/mol. The van der Waals surface area contributed by atoms with Gasteiger partial charge in [0.1, 0.15) is 0 Å². The van der Waals surface area contributed by atoms with Crippen molar-refractivity contribution in [2.24, 2.45) is 11.0 Å². The predicted octanol–water partition coefficient (Wildman–Crippen LogP) is 1.90. The van der Waals surface area contributed by atoms with Crippen LogP contribution < -0.4 is 10.3 Å². The first-order valence-corrected chi connectivity index (χ1v) is 7.37. The molecule has 1 aliphatic carbocycles. The number of aromatic nitrogens is 2. The largest absolute Gasteiger partial charge is 0.378 e. The van der Waals surface area contributed by atoms with E-state index in [4.69, 9.17) is 4.74 Å². The second kappa shape index (κ2) is 6.65. The Labute approximate surface area is 119 Å². The van der Waals surface area contributed by atoms with Gasteiger partial charge in [-0.1, -0.05) is 12.8 Å². The van der Waals surface area contributed by atoms with Gasteiger partial charge >= 0.3 is 0 Å². The van der Waals surface area contributed by atoms with Crippen LogP contribution in [0.15, 0.2) is 17.2 Å². The van der Waals surface area contributed by atoms with E-state index in [1.54, 1.807) is 0 Å². The molecule has 0 amide bonds. The van der Waals surface area contributed by atoms with Crippen LogP contribution in [0.25, 0.3) is 0 Å². The van der Waals surface area contributed by atoms with Gasteiger partial charge in [0, 0.05) is 19.3 Å². The molecule has 0 atom stereocenters. The van der Waals surface area contributed by atoms with Crippen molar-refractivity contribution >= 4 is 17.9 Å². The summed E-state index contributed by atoms with van der Waals surface area (Å²) in [7, 11) is 0. The molecule has 20 heavy (non-hydrogen) atoms. The highest BCUT2D eigenvalue weighted by Crippen LogP contribution is 2.22. The van der Waals surface area contributed by atoms with E-state index in [9.17, 15) is 0 Å². The molecule has 108 valence electrons. The molecule has 0 unspecified atom stereocenters. The summed E-state index contributed by atoms with van der Waals surface area (Å²) in [6.45, 7) is 3.27. The van der Waals surface area contributed by atoms with Gasteiger partial charge in [-0.2, -0.15) is 5.10 Å². The van der Waals surface area contributed by atoms with Crippen LogP contribution >= 0.6 is 0 Å². The third kappa shape index (κ3) is 3.45. The van der Waals surface area contributed by atoms with Crippen molar-refractivity contribution in [3.63, 3.8) is 0 Å². The Morgan fingerprint density at radius 1 is 1.20 bits per heavy atom. The van der Waals surface area contributed by atoms with Crippen molar-refractivity contribution in [2.45, 2.75) is 25.7 Å². The molecule has 3 rings (SSSR count). The number of hydrogen-bond donors (Lipinski definition) is 1. The van der Waals surface area contributed by atoms with E-state index in [1.165, 1.54) is 25.7 Å². The van der Waals surface area contributed by atoms with E-state index in [0.717, 1.165) is 32.1 Å². The third-order valence-electron chi connectivity index (χ3n) is 3.85. The van der Waals surface area contributed by atoms with Gasteiger partial charge in [0.05, 0.1) is 13.2 Å². The van der Waals surface area contributed by atoms with Crippen LogP contribution in [-0.2, 0) is 4.74 Å². The summed E-state index contributed by atoms with van der Waals surface area (Å²) in [5.74, 6) is 2.22. The van der Waals surface area contributed by atoms with Gasteiger partial charge < -0.3 is 9.64 Å². The van der Waals surface area contributed by atoms with Crippen LogP contribution in [0.2, 0.25) is 0 Å². The van der Waals surface area contributed by atoms with Crippen molar-refractivity contribution in [2.75, 3.05) is 36.6 Å². The zero-order valence-electron chi connectivity index (χ0n) is 11.7. The van der Waals surface area contributed by atoms with E-state index < -0.39 is 0 Å². The molecule has 2 aliphatic rings. The lowest BCUT2D eigenvalue weighted by Crippen LogP contribution is -2.36. The minimum atomic E-state index is 0.628. The number of rotatable bonds is 4. The molecule has 1 saturated heterocycles. The highest BCUT2D eigenvalue weighted by atomic mass is 16.5. The fraction of sp³-hybridized carbons (Fsp3) is 0.643. The molecule has 1 aromatic rings. The molecule has 1 aliphatic heterocycles. The summed E-state index contributed by atoms with van der Waals surface area (Å²) in [6.07, 6.45) is 7.17. The smallest absolute Gasteiger partial charge is 0.168 e. The Hall–Kier alpha value is -1.69. The zero-order chi connectivity index (χ0) is 13.6. The number of nitrogens with one attached hydrogen (secondary N) is 1. The molecule has 0 aromatic carbocycles. The highest BCUT2D eigenvalue weighted by molar-refractivity contribution is 5.62. The van der Waals surface area contributed by atoms with Crippen LogP contribution in [0.3, 0.4) is 0 Å². The monoisotopic (exact) mass is 275 g/mol. The third-order valence-corrected chi connectivity index (χ3v) is 3.85. The Bertz CT molecular complexity index is 435. The fourth-order valence-corrected chi connectivity index (χ4v) is 2.66. The predicted molar refractivity (Wildman–Crippen MR) is 79.1 cm³/mol. The van der Waals surface area contributed by atoms with Crippen LogP contribution in [0, 0.1) is 5.92 Å². The molecule has 0 bridgehead atoms. The molecule has 2 heterocycles.